The lowest BCUT2D eigenvalue weighted by molar-refractivity contribution is -0.384. The molecular formula is C22H25ClN2O8. The number of non-ortho nitro benzene ring substituents is 1. The van der Waals surface area contributed by atoms with Crippen LogP contribution in [-0.4, -0.2) is 69.2 Å². The lowest BCUT2D eigenvalue weighted by atomic mass is 9.87. The first-order valence-corrected chi connectivity index (χ1v) is 10.9. The average Bonchev–Trinajstić information content (AvgIpc) is 3.21. The zero-order valence-corrected chi connectivity index (χ0v) is 18.5. The summed E-state index contributed by atoms with van der Waals surface area (Å²) in [7, 11) is 0. The van der Waals surface area contributed by atoms with Gasteiger partial charge in [0.05, 0.1) is 34.9 Å². The Labute approximate surface area is 194 Å². The summed E-state index contributed by atoms with van der Waals surface area (Å²) in [6.07, 6.45) is -5.44. The molecule has 0 spiro atoms. The number of nitro benzene ring substituents is 1. The molecule has 2 heterocycles. The van der Waals surface area contributed by atoms with Gasteiger partial charge in [-0.05, 0) is 43.2 Å². The van der Waals surface area contributed by atoms with E-state index in [0.29, 0.717) is 13.0 Å². The van der Waals surface area contributed by atoms with Gasteiger partial charge in [-0.2, -0.15) is 0 Å². The van der Waals surface area contributed by atoms with Crippen molar-refractivity contribution in [1.29, 1.82) is 0 Å². The number of aliphatic hydroxyl groups excluding tert-OH is 4. The van der Waals surface area contributed by atoms with Crippen LogP contribution < -0.4 is 9.64 Å². The Hall–Kier alpha value is -2.47. The summed E-state index contributed by atoms with van der Waals surface area (Å²) in [5.41, 5.74) is 2.53. The summed E-state index contributed by atoms with van der Waals surface area (Å²) in [6, 6.07) is 9.76. The molecule has 1 saturated heterocycles. The molecule has 33 heavy (non-hydrogen) atoms. The maximum Gasteiger partial charge on any atom is 0.269 e. The van der Waals surface area contributed by atoms with E-state index in [4.69, 9.17) is 21.1 Å². The van der Waals surface area contributed by atoms with Crippen LogP contribution in [0, 0.1) is 16.0 Å². The van der Waals surface area contributed by atoms with Gasteiger partial charge in [0.15, 0.2) is 0 Å². The van der Waals surface area contributed by atoms with Crippen molar-refractivity contribution >= 4 is 28.7 Å². The molecule has 0 aromatic heterocycles. The highest BCUT2D eigenvalue weighted by atomic mass is 35.5. The van der Waals surface area contributed by atoms with E-state index in [1.807, 2.05) is 4.90 Å². The fraction of sp³-hybridized carbons (Fsp3) is 0.455. The number of nitrogens with zero attached hydrogens (tertiary/aromatic N) is 2. The smallest absolute Gasteiger partial charge is 0.269 e. The van der Waals surface area contributed by atoms with Crippen LogP contribution >= 0.6 is 11.6 Å². The van der Waals surface area contributed by atoms with Gasteiger partial charge >= 0.3 is 0 Å². The molecule has 4 N–H and O–H groups in total. The number of aliphatic hydroxyl groups is 4. The van der Waals surface area contributed by atoms with Crippen molar-refractivity contribution in [3.05, 3.63) is 57.1 Å². The van der Waals surface area contributed by atoms with E-state index in [-0.39, 0.29) is 16.5 Å². The first kappa shape index (κ1) is 23.7. The summed E-state index contributed by atoms with van der Waals surface area (Å²) >= 11 is 6.43. The number of benzene rings is 2. The minimum Gasteiger partial charge on any atom is -0.460 e. The average molecular weight is 481 g/mol. The zero-order valence-electron chi connectivity index (χ0n) is 17.7. The Balaban J connectivity index is 1.53. The van der Waals surface area contributed by atoms with Gasteiger partial charge in [0.25, 0.3) is 5.69 Å². The van der Waals surface area contributed by atoms with Crippen LogP contribution in [0.2, 0.25) is 5.02 Å². The predicted octanol–water partition coefficient (Wildman–Crippen LogP) is 1.76. The summed E-state index contributed by atoms with van der Waals surface area (Å²) in [5.74, 6) is -0.671. The molecular weight excluding hydrogens is 456 g/mol. The van der Waals surface area contributed by atoms with Gasteiger partial charge in [-0.1, -0.05) is 11.6 Å². The number of halogens is 1. The van der Waals surface area contributed by atoms with Gasteiger partial charge < -0.3 is 34.8 Å². The second kappa shape index (κ2) is 9.41. The molecule has 0 bridgehead atoms. The van der Waals surface area contributed by atoms with Crippen LogP contribution in [-0.2, 0) is 11.2 Å². The zero-order chi connectivity index (χ0) is 23.9. The molecule has 4 rings (SSSR count). The molecule has 0 amide bonds. The SMILES string of the molecule is C[C@H](O)[C@H]1O[C@H](Oc2ccc(N3CCc4cc([N+](=O)[O-])ccc43)cc2Cl)[C@@H](O)[C@@H](O)[C@@H]1CO. The van der Waals surface area contributed by atoms with Crippen LogP contribution in [0.3, 0.4) is 0 Å². The second-order valence-electron chi connectivity index (χ2n) is 8.24. The molecule has 0 aliphatic carbocycles. The number of nitro groups is 1. The van der Waals surface area contributed by atoms with Crippen LogP contribution in [0.4, 0.5) is 17.1 Å². The minimum atomic E-state index is -1.46. The Bertz CT molecular complexity index is 1040. The Morgan fingerprint density at radius 3 is 2.67 bits per heavy atom. The van der Waals surface area contributed by atoms with Crippen LogP contribution in [0.5, 0.6) is 5.75 Å². The van der Waals surface area contributed by atoms with Crippen molar-refractivity contribution < 1.29 is 34.8 Å². The van der Waals surface area contributed by atoms with Gasteiger partial charge in [0, 0.05) is 36.0 Å². The van der Waals surface area contributed by atoms with E-state index in [1.165, 1.54) is 13.0 Å². The third-order valence-corrected chi connectivity index (χ3v) is 6.40. The number of fused-ring (bicyclic) bond motifs is 1. The quantitative estimate of drug-likeness (QED) is 0.358. The number of rotatable bonds is 6. The topological polar surface area (TPSA) is 146 Å². The molecule has 0 radical (unpaired) electrons. The lowest BCUT2D eigenvalue weighted by Gasteiger charge is -2.43. The summed E-state index contributed by atoms with van der Waals surface area (Å²) in [4.78, 5) is 12.6. The first-order chi connectivity index (χ1) is 15.7. The maximum atomic E-state index is 11.0. The molecule has 2 aliphatic rings. The monoisotopic (exact) mass is 480 g/mol. The highest BCUT2D eigenvalue weighted by Gasteiger charge is 2.47. The van der Waals surface area contributed by atoms with Crippen molar-refractivity contribution in [3.63, 3.8) is 0 Å². The normalized spacial score (nSPS) is 27.8. The number of ether oxygens (including phenoxy) is 2. The summed E-state index contributed by atoms with van der Waals surface area (Å²) in [5, 5.41) is 51.5. The highest BCUT2D eigenvalue weighted by molar-refractivity contribution is 6.32. The van der Waals surface area contributed by atoms with Crippen LogP contribution in [0.25, 0.3) is 0 Å². The van der Waals surface area contributed by atoms with Crippen LogP contribution in [0.15, 0.2) is 36.4 Å². The molecule has 0 saturated carbocycles. The lowest BCUT2D eigenvalue weighted by Crippen LogP contribution is -2.59. The second-order valence-corrected chi connectivity index (χ2v) is 8.65. The Morgan fingerprint density at radius 2 is 2.03 bits per heavy atom. The third-order valence-electron chi connectivity index (χ3n) is 6.11. The molecule has 10 nitrogen and oxygen atoms in total. The van der Waals surface area contributed by atoms with Gasteiger partial charge in [-0.25, -0.2) is 0 Å². The number of hydrogen-bond acceptors (Lipinski definition) is 9. The molecule has 0 unspecified atom stereocenters. The molecule has 2 aromatic carbocycles. The van der Waals surface area contributed by atoms with E-state index in [2.05, 4.69) is 0 Å². The minimum absolute atomic E-state index is 0.0459. The number of hydrogen-bond donors (Lipinski definition) is 4. The molecule has 1 fully saturated rings. The molecule has 6 atom stereocenters. The van der Waals surface area contributed by atoms with Crippen molar-refractivity contribution in [2.45, 2.75) is 44.1 Å². The molecule has 11 heteroatoms. The van der Waals surface area contributed by atoms with Crippen LogP contribution in [0.1, 0.15) is 12.5 Å². The molecule has 2 aliphatic heterocycles. The fourth-order valence-electron chi connectivity index (χ4n) is 4.37. The third kappa shape index (κ3) is 4.50. The number of anilines is 2. The van der Waals surface area contributed by atoms with Gasteiger partial charge in [-0.15, -0.1) is 0 Å². The van der Waals surface area contributed by atoms with Crippen molar-refractivity contribution in [1.82, 2.24) is 0 Å². The molecule has 2 aromatic rings. The first-order valence-electron chi connectivity index (χ1n) is 10.5. The summed E-state index contributed by atoms with van der Waals surface area (Å²) in [6.45, 7) is 1.61. The van der Waals surface area contributed by atoms with Gasteiger partial charge in [0.1, 0.15) is 11.9 Å². The largest absolute Gasteiger partial charge is 0.460 e. The Morgan fingerprint density at radius 1 is 1.27 bits per heavy atom. The fourth-order valence-corrected chi connectivity index (χ4v) is 4.59. The van der Waals surface area contributed by atoms with E-state index >= 15 is 0 Å². The predicted molar refractivity (Wildman–Crippen MR) is 119 cm³/mol. The van der Waals surface area contributed by atoms with E-state index in [1.54, 1.807) is 30.3 Å². The van der Waals surface area contributed by atoms with E-state index in [9.17, 15) is 30.5 Å². The summed E-state index contributed by atoms with van der Waals surface area (Å²) < 4.78 is 11.4. The van der Waals surface area contributed by atoms with E-state index in [0.717, 1.165) is 16.9 Å². The van der Waals surface area contributed by atoms with E-state index < -0.39 is 48.2 Å². The van der Waals surface area contributed by atoms with Crippen molar-refractivity contribution in [2.75, 3.05) is 18.1 Å². The Kier molecular flexibility index (Phi) is 6.76. The van der Waals surface area contributed by atoms with Gasteiger partial charge in [-0.3, -0.25) is 10.1 Å². The van der Waals surface area contributed by atoms with Crippen molar-refractivity contribution in [2.24, 2.45) is 5.92 Å². The van der Waals surface area contributed by atoms with Crippen molar-refractivity contribution in [3.8, 4) is 5.75 Å². The standard InChI is InChI=1S/C22H25ClN2O8/c1-11(27)21-15(10-26)19(28)20(29)22(33-21)32-18-5-3-13(9-16(18)23)24-7-6-12-8-14(25(30)31)2-4-17(12)24/h2-5,8-9,11,15,19-22,26-29H,6-7,10H2,1H3/t11-,15-,19-,20-,21+,22-/m0/s1. The molecule has 178 valence electrons. The maximum absolute atomic E-state index is 11.0. The highest BCUT2D eigenvalue weighted by Crippen LogP contribution is 2.40. The van der Waals surface area contributed by atoms with Gasteiger partial charge in [0.2, 0.25) is 6.29 Å².